The number of β-amino-alcohol motifs (C(OH)–C–C–N with tert-alkyl or cyclic N) is 1. The molecule has 9 heteroatoms. The number of carbonyl (C=O) groups is 2. The molecule has 2 aromatic rings. The zero-order chi connectivity index (χ0) is 24.0. The van der Waals surface area contributed by atoms with Crippen molar-refractivity contribution in [1.29, 1.82) is 0 Å². The van der Waals surface area contributed by atoms with E-state index in [0.29, 0.717) is 29.6 Å². The number of aliphatic hydroxyl groups is 1. The van der Waals surface area contributed by atoms with Crippen LogP contribution in [0.4, 0.5) is 5.69 Å². The molecule has 0 aliphatic carbocycles. The van der Waals surface area contributed by atoms with Gasteiger partial charge in [-0.3, -0.25) is 14.6 Å². The van der Waals surface area contributed by atoms with E-state index in [9.17, 15) is 19.8 Å². The van der Waals surface area contributed by atoms with E-state index in [1.807, 2.05) is 32.0 Å². The second-order valence-electron chi connectivity index (χ2n) is 8.21. The van der Waals surface area contributed by atoms with Gasteiger partial charge in [0.15, 0.2) is 11.7 Å². The van der Waals surface area contributed by atoms with Crippen molar-refractivity contribution in [2.24, 2.45) is 4.99 Å². The molecule has 1 unspecified atom stereocenters. The summed E-state index contributed by atoms with van der Waals surface area (Å²) in [5, 5.41) is 28.7. The number of halogens is 1. The summed E-state index contributed by atoms with van der Waals surface area (Å²) in [6.45, 7) is 4.48. The van der Waals surface area contributed by atoms with Gasteiger partial charge in [0, 0.05) is 35.3 Å². The number of aliphatic hydroxyl groups excluding tert-OH is 1. The molecule has 5 N–H and O–H groups in total. The largest absolute Gasteiger partial charge is 0.508 e. The molecule has 176 valence electrons. The number of rotatable bonds is 8. The predicted octanol–water partition coefficient (Wildman–Crippen LogP) is 2.97. The molecule has 0 bridgehead atoms. The smallest absolute Gasteiger partial charge is 0.251 e. The maximum absolute atomic E-state index is 12.6. The second-order valence-corrected chi connectivity index (χ2v) is 8.65. The summed E-state index contributed by atoms with van der Waals surface area (Å²) in [5.41, 5.74) is 2.71. The minimum absolute atomic E-state index is 0.0191. The summed E-state index contributed by atoms with van der Waals surface area (Å²) < 4.78 is 0. The molecule has 2 atom stereocenters. The normalized spacial score (nSPS) is 16.4. The van der Waals surface area contributed by atoms with Gasteiger partial charge in [-0.05, 0) is 54.7 Å². The van der Waals surface area contributed by atoms with Gasteiger partial charge >= 0.3 is 0 Å². The Labute approximate surface area is 198 Å². The molecule has 0 fully saturated rings. The molecule has 1 aliphatic heterocycles. The lowest BCUT2D eigenvalue weighted by molar-refractivity contribution is -0.118. The fourth-order valence-electron chi connectivity index (χ4n) is 3.69. The molecule has 0 spiro atoms. The number of hydrogen-bond acceptors (Lipinski definition) is 7. The van der Waals surface area contributed by atoms with Gasteiger partial charge in [0.2, 0.25) is 0 Å². The van der Waals surface area contributed by atoms with Crippen LogP contribution < -0.4 is 16.0 Å². The van der Waals surface area contributed by atoms with Crippen LogP contribution in [0.2, 0.25) is 5.02 Å². The number of aryl methyl sites for hydroxylation is 1. The average molecular weight is 473 g/mol. The first-order valence-electron chi connectivity index (χ1n) is 10.9. The van der Waals surface area contributed by atoms with Gasteiger partial charge in [-0.2, -0.15) is 0 Å². The van der Waals surface area contributed by atoms with Gasteiger partial charge in [-0.1, -0.05) is 24.6 Å². The minimum atomic E-state index is -0.547. The molecule has 8 nitrogen and oxygen atoms in total. The second kappa shape index (κ2) is 11.2. The monoisotopic (exact) mass is 472 g/mol. The molecule has 3 rings (SSSR count). The molecule has 0 saturated heterocycles. The third-order valence-corrected chi connectivity index (χ3v) is 5.58. The Balaban J connectivity index is 1.59. The van der Waals surface area contributed by atoms with Gasteiger partial charge in [0.05, 0.1) is 19.2 Å². The highest BCUT2D eigenvalue weighted by atomic mass is 35.5. The molecular weight excluding hydrogens is 444 g/mol. The summed E-state index contributed by atoms with van der Waals surface area (Å²) in [5.74, 6) is -0.205. The standard InChI is InChI=1S/C24H29ClN4O4/c1-3-15(16-4-14(2)5-18(25)6-16)8-21(31)11-26-23(33)17-7-19(10-20(30)9-17)29-24-27-12-22(32)13-28-24/h4-7,9-10,15,22,30,32H,3,8,11-13H2,1-2H3,(H,26,33)(H2,27,28,29)/t15-/m1/s1. The minimum Gasteiger partial charge on any atom is -0.508 e. The van der Waals surface area contributed by atoms with Crippen LogP contribution >= 0.6 is 11.6 Å². The van der Waals surface area contributed by atoms with Crippen LogP contribution in [0.15, 0.2) is 41.4 Å². The predicted molar refractivity (Wildman–Crippen MR) is 129 cm³/mol. The number of anilines is 1. The fraction of sp³-hybridized carbons (Fsp3) is 0.375. The topological polar surface area (TPSA) is 123 Å². The summed E-state index contributed by atoms with van der Waals surface area (Å²) in [6.07, 6.45) is 0.519. The summed E-state index contributed by atoms with van der Waals surface area (Å²) >= 11 is 6.16. The molecule has 1 heterocycles. The summed E-state index contributed by atoms with van der Waals surface area (Å²) in [4.78, 5) is 29.3. The van der Waals surface area contributed by atoms with Crippen LogP contribution in [0, 0.1) is 6.92 Å². The van der Waals surface area contributed by atoms with E-state index < -0.39 is 12.0 Å². The number of nitrogens with one attached hydrogen (secondary N) is 3. The highest BCUT2D eigenvalue weighted by molar-refractivity contribution is 6.30. The van der Waals surface area contributed by atoms with Gasteiger partial charge < -0.3 is 26.2 Å². The number of guanidine groups is 1. The first-order chi connectivity index (χ1) is 15.7. The number of benzene rings is 2. The number of aromatic hydroxyl groups is 1. The van der Waals surface area contributed by atoms with Crippen LogP contribution in [0.5, 0.6) is 5.75 Å². The SMILES string of the molecule is CC[C@H](CC(=O)CNC(=O)c1cc(O)cc(NC2=NCC(O)CN2)c1)c1cc(C)cc(Cl)c1. The lowest BCUT2D eigenvalue weighted by Crippen LogP contribution is -2.42. The van der Waals surface area contributed by atoms with Crippen molar-refractivity contribution in [2.75, 3.05) is 25.0 Å². The first-order valence-corrected chi connectivity index (χ1v) is 11.3. The number of carbonyl (C=O) groups excluding carboxylic acids is 2. The molecular formula is C24H29ClN4O4. The zero-order valence-electron chi connectivity index (χ0n) is 18.7. The quantitative estimate of drug-likeness (QED) is 0.402. The van der Waals surface area contributed by atoms with Crippen LogP contribution in [-0.4, -0.2) is 53.6 Å². The third kappa shape index (κ3) is 7.20. The lowest BCUT2D eigenvalue weighted by atomic mass is 9.90. The Morgan fingerprint density at radius 1 is 1.24 bits per heavy atom. The number of ketones is 1. The van der Waals surface area contributed by atoms with Crippen LogP contribution in [0.1, 0.15) is 47.2 Å². The number of amides is 1. The molecule has 0 saturated carbocycles. The Bertz CT molecular complexity index is 1040. The molecule has 1 aliphatic rings. The fourth-order valence-corrected chi connectivity index (χ4v) is 3.99. The van der Waals surface area contributed by atoms with E-state index >= 15 is 0 Å². The number of Topliss-reactive ketones (excluding diaryl/α,β-unsaturated/α-hetero) is 1. The number of hydrogen-bond donors (Lipinski definition) is 5. The first kappa shape index (κ1) is 24.5. The third-order valence-electron chi connectivity index (χ3n) is 5.36. The van der Waals surface area contributed by atoms with E-state index in [1.165, 1.54) is 12.1 Å². The summed E-state index contributed by atoms with van der Waals surface area (Å²) in [7, 11) is 0. The van der Waals surface area contributed by atoms with E-state index in [1.54, 1.807) is 6.07 Å². The van der Waals surface area contributed by atoms with Gasteiger partial charge in [0.25, 0.3) is 5.91 Å². The van der Waals surface area contributed by atoms with Crippen molar-refractivity contribution in [3.63, 3.8) is 0 Å². The van der Waals surface area contributed by atoms with Crippen molar-refractivity contribution in [3.05, 3.63) is 58.1 Å². The maximum atomic E-state index is 12.6. The lowest BCUT2D eigenvalue weighted by Gasteiger charge is -2.20. The van der Waals surface area contributed by atoms with Gasteiger partial charge in [-0.25, -0.2) is 0 Å². The van der Waals surface area contributed by atoms with Gasteiger partial charge in [-0.15, -0.1) is 0 Å². The van der Waals surface area contributed by atoms with Crippen LogP contribution in [0.3, 0.4) is 0 Å². The van der Waals surface area contributed by atoms with Crippen molar-refractivity contribution in [1.82, 2.24) is 10.6 Å². The van der Waals surface area contributed by atoms with Crippen LogP contribution in [-0.2, 0) is 4.79 Å². The van der Waals surface area contributed by atoms with Crippen molar-refractivity contribution < 1.29 is 19.8 Å². The molecule has 1 amide bonds. The van der Waals surface area contributed by atoms with Crippen molar-refractivity contribution in [2.45, 2.75) is 38.7 Å². The molecule has 2 aromatic carbocycles. The number of aliphatic imine (C=N–C) groups is 1. The van der Waals surface area contributed by atoms with E-state index in [-0.39, 0.29) is 36.1 Å². The number of nitrogens with zero attached hydrogens (tertiary/aromatic N) is 1. The highest BCUT2D eigenvalue weighted by Gasteiger charge is 2.17. The molecule has 0 radical (unpaired) electrons. The average Bonchev–Trinajstić information content (AvgIpc) is 2.76. The maximum Gasteiger partial charge on any atom is 0.251 e. The summed E-state index contributed by atoms with van der Waals surface area (Å²) in [6, 6.07) is 10.1. The Kier molecular flexibility index (Phi) is 8.30. The van der Waals surface area contributed by atoms with Crippen LogP contribution in [0.25, 0.3) is 0 Å². The Hall–Kier alpha value is -3.10. The number of phenolic OH excluding ortho intramolecular Hbond substituents is 1. The van der Waals surface area contributed by atoms with Crippen molar-refractivity contribution in [3.8, 4) is 5.75 Å². The highest BCUT2D eigenvalue weighted by Crippen LogP contribution is 2.27. The molecule has 33 heavy (non-hydrogen) atoms. The Morgan fingerprint density at radius 2 is 2.03 bits per heavy atom. The van der Waals surface area contributed by atoms with E-state index in [4.69, 9.17) is 11.6 Å². The van der Waals surface area contributed by atoms with Gasteiger partial charge in [0.1, 0.15) is 5.75 Å². The molecule has 0 aromatic heterocycles. The number of phenols is 1. The van der Waals surface area contributed by atoms with Crippen molar-refractivity contribution >= 4 is 34.9 Å². The van der Waals surface area contributed by atoms with E-state index in [0.717, 1.165) is 17.5 Å². The Morgan fingerprint density at radius 3 is 2.70 bits per heavy atom. The van der Waals surface area contributed by atoms with E-state index in [2.05, 4.69) is 20.9 Å². The zero-order valence-corrected chi connectivity index (χ0v) is 19.4.